The van der Waals surface area contributed by atoms with E-state index in [9.17, 15) is 5.11 Å². The van der Waals surface area contributed by atoms with Crippen molar-refractivity contribution in [2.45, 2.75) is 26.0 Å². The Morgan fingerprint density at radius 1 is 1.38 bits per heavy atom. The van der Waals surface area contributed by atoms with E-state index in [4.69, 9.17) is 0 Å². The Morgan fingerprint density at radius 2 is 2.19 bits per heavy atom. The van der Waals surface area contributed by atoms with Crippen LogP contribution in [0.4, 0.5) is 0 Å². The number of benzene rings is 1. The zero-order chi connectivity index (χ0) is 11.1. The molecule has 0 saturated heterocycles. The van der Waals surface area contributed by atoms with Gasteiger partial charge in [0.05, 0.1) is 12.1 Å². The topological polar surface area (TPSA) is 25.2 Å². The van der Waals surface area contributed by atoms with Crippen molar-refractivity contribution in [1.29, 1.82) is 0 Å². The van der Waals surface area contributed by atoms with Crippen LogP contribution in [0.25, 0.3) is 10.9 Å². The molecule has 1 saturated carbocycles. The van der Waals surface area contributed by atoms with Crippen molar-refractivity contribution in [1.82, 2.24) is 4.57 Å². The Balaban J connectivity index is 2.19. The molecule has 1 heterocycles. The summed E-state index contributed by atoms with van der Waals surface area (Å²) >= 11 is 3.60. The maximum atomic E-state index is 9.41. The summed E-state index contributed by atoms with van der Waals surface area (Å²) in [6.07, 6.45) is 2.66. The van der Waals surface area contributed by atoms with Crippen LogP contribution >= 0.6 is 15.9 Å². The summed E-state index contributed by atoms with van der Waals surface area (Å²) in [5.41, 5.74) is 2.24. The molecule has 1 aliphatic rings. The van der Waals surface area contributed by atoms with Crippen LogP contribution in [0.15, 0.2) is 28.7 Å². The summed E-state index contributed by atoms with van der Waals surface area (Å²) in [4.78, 5) is 0. The number of aromatic nitrogens is 1. The Morgan fingerprint density at radius 3 is 2.88 bits per heavy atom. The maximum Gasteiger partial charge on any atom is 0.0833 e. The van der Waals surface area contributed by atoms with Gasteiger partial charge < -0.3 is 9.67 Å². The molecule has 0 amide bonds. The highest BCUT2D eigenvalue weighted by atomic mass is 79.9. The van der Waals surface area contributed by atoms with Gasteiger partial charge in [-0.1, -0.05) is 12.1 Å². The normalized spacial score (nSPS) is 15.9. The highest BCUT2D eigenvalue weighted by molar-refractivity contribution is 9.10. The molecular weight excluding hydrogens is 266 g/mol. The second-order valence-corrected chi connectivity index (χ2v) is 5.38. The molecule has 16 heavy (non-hydrogen) atoms. The van der Waals surface area contributed by atoms with Gasteiger partial charge in [0.25, 0.3) is 0 Å². The molecule has 1 fully saturated rings. The van der Waals surface area contributed by atoms with E-state index in [1.807, 2.05) is 6.07 Å². The van der Waals surface area contributed by atoms with E-state index in [1.54, 1.807) is 0 Å². The summed E-state index contributed by atoms with van der Waals surface area (Å²) < 4.78 is 3.38. The monoisotopic (exact) mass is 279 g/mol. The first-order valence-electron chi connectivity index (χ1n) is 5.67. The zero-order valence-electron chi connectivity index (χ0n) is 8.99. The van der Waals surface area contributed by atoms with E-state index >= 15 is 0 Å². The fourth-order valence-corrected chi connectivity index (χ4v) is 2.83. The van der Waals surface area contributed by atoms with Crippen molar-refractivity contribution in [3.05, 3.63) is 34.4 Å². The Hall–Kier alpha value is -0.800. The average molecular weight is 280 g/mol. The molecule has 1 aromatic carbocycles. The van der Waals surface area contributed by atoms with Gasteiger partial charge in [-0.3, -0.25) is 0 Å². The maximum absolute atomic E-state index is 9.41. The predicted octanol–water partition coefficient (Wildman–Crippen LogP) is 3.31. The molecular formula is C13H14BrNO. The smallest absolute Gasteiger partial charge is 0.0833 e. The van der Waals surface area contributed by atoms with E-state index in [0.29, 0.717) is 0 Å². The summed E-state index contributed by atoms with van der Waals surface area (Å²) in [5.74, 6) is 0.813. The molecule has 0 bridgehead atoms. The zero-order valence-corrected chi connectivity index (χ0v) is 10.6. The minimum absolute atomic E-state index is 0.119. The van der Waals surface area contributed by atoms with Gasteiger partial charge in [0.2, 0.25) is 0 Å². The Labute approximate surface area is 103 Å². The Kier molecular flexibility index (Phi) is 2.52. The van der Waals surface area contributed by atoms with Crippen molar-refractivity contribution in [3.8, 4) is 0 Å². The standard InChI is InChI=1S/C13H14BrNO/c14-12-3-1-2-10-6-11(8-16)15(13(10)12)7-9-4-5-9/h1-3,6,9,16H,4-5,7-8H2. The van der Waals surface area contributed by atoms with Crippen LogP contribution in [0, 0.1) is 5.92 Å². The first-order valence-corrected chi connectivity index (χ1v) is 6.46. The molecule has 0 radical (unpaired) electrons. The summed E-state index contributed by atoms with van der Waals surface area (Å²) in [5, 5.41) is 10.6. The summed E-state index contributed by atoms with van der Waals surface area (Å²) in [6.45, 7) is 1.16. The molecule has 84 valence electrons. The minimum Gasteiger partial charge on any atom is -0.390 e. The van der Waals surface area contributed by atoms with Gasteiger partial charge in [-0.25, -0.2) is 0 Å². The lowest BCUT2D eigenvalue weighted by Crippen LogP contribution is -2.04. The first-order chi connectivity index (χ1) is 7.79. The number of aliphatic hydroxyl groups is 1. The van der Waals surface area contributed by atoms with Gasteiger partial charge >= 0.3 is 0 Å². The quantitative estimate of drug-likeness (QED) is 0.916. The van der Waals surface area contributed by atoms with Gasteiger partial charge in [0, 0.05) is 22.1 Å². The first kappa shape index (κ1) is 10.4. The molecule has 3 heteroatoms. The SMILES string of the molecule is OCc1cc2cccc(Br)c2n1CC1CC1. The van der Waals surface area contributed by atoms with Crippen molar-refractivity contribution in [3.63, 3.8) is 0 Å². The lowest BCUT2D eigenvalue weighted by molar-refractivity contribution is 0.270. The van der Waals surface area contributed by atoms with E-state index in [2.05, 4.69) is 38.7 Å². The van der Waals surface area contributed by atoms with Crippen molar-refractivity contribution < 1.29 is 5.11 Å². The lowest BCUT2D eigenvalue weighted by Gasteiger charge is -2.09. The Bertz CT molecular complexity index is 528. The second-order valence-electron chi connectivity index (χ2n) is 4.53. The van der Waals surface area contributed by atoms with Crippen LogP contribution in [0.2, 0.25) is 0 Å². The molecule has 1 aromatic heterocycles. The highest BCUT2D eigenvalue weighted by Crippen LogP contribution is 2.35. The van der Waals surface area contributed by atoms with Gasteiger partial charge in [0.15, 0.2) is 0 Å². The summed E-state index contributed by atoms with van der Waals surface area (Å²) in [7, 11) is 0. The molecule has 0 spiro atoms. The third kappa shape index (κ3) is 1.68. The lowest BCUT2D eigenvalue weighted by atomic mass is 10.2. The molecule has 1 aliphatic carbocycles. The molecule has 1 N–H and O–H groups in total. The predicted molar refractivity (Wildman–Crippen MR) is 68.3 cm³/mol. The van der Waals surface area contributed by atoms with E-state index in [-0.39, 0.29) is 6.61 Å². The fraction of sp³-hybridized carbons (Fsp3) is 0.385. The van der Waals surface area contributed by atoms with Gasteiger partial charge in [-0.2, -0.15) is 0 Å². The number of para-hydroxylation sites is 1. The van der Waals surface area contributed by atoms with Crippen LogP contribution in [-0.4, -0.2) is 9.67 Å². The molecule has 0 atom stereocenters. The molecule has 0 aliphatic heterocycles. The summed E-state index contributed by atoms with van der Waals surface area (Å²) in [6, 6.07) is 8.28. The third-order valence-corrected chi connectivity index (χ3v) is 3.90. The van der Waals surface area contributed by atoms with Crippen LogP contribution in [-0.2, 0) is 13.2 Å². The fourth-order valence-electron chi connectivity index (χ4n) is 2.23. The average Bonchev–Trinajstić information content (AvgIpc) is 3.00. The number of fused-ring (bicyclic) bond motifs is 1. The molecule has 0 unspecified atom stereocenters. The second kappa shape index (κ2) is 3.90. The number of rotatable bonds is 3. The van der Waals surface area contributed by atoms with E-state index in [1.165, 1.54) is 23.7 Å². The van der Waals surface area contributed by atoms with Gasteiger partial charge in [-0.15, -0.1) is 0 Å². The minimum atomic E-state index is 0.119. The van der Waals surface area contributed by atoms with Gasteiger partial charge in [-0.05, 0) is 46.8 Å². The number of hydrogen-bond donors (Lipinski definition) is 1. The van der Waals surface area contributed by atoms with Crippen molar-refractivity contribution in [2.24, 2.45) is 5.92 Å². The van der Waals surface area contributed by atoms with E-state index < -0.39 is 0 Å². The third-order valence-electron chi connectivity index (χ3n) is 3.26. The van der Waals surface area contributed by atoms with Crippen LogP contribution in [0.3, 0.4) is 0 Å². The van der Waals surface area contributed by atoms with Crippen LogP contribution in [0.1, 0.15) is 18.5 Å². The van der Waals surface area contributed by atoms with E-state index in [0.717, 1.165) is 22.6 Å². The molecule has 3 rings (SSSR count). The number of halogens is 1. The van der Waals surface area contributed by atoms with Crippen molar-refractivity contribution in [2.75, 3.05) is 0 Å². The van der Waals surface area contributed by atoms with Gasteiger partial charge in [0.1, 0.15) is 0 Å². The highest BCUT2D eigenvalue weighted by Gasteiger charge is 2.23. The van der Waals surface area contributed by atoms with Crippen LogP contribution in [0.5, 0.6) is 0 Å². The number of hydrogen-bond acceptors (Lipinski definition) is 1. The molecule has 2 nitrogen and oxygen atoms in total. The van der Waals surface area contributed by atoms with Crippen molar-refractivity contribution >= 4 is 26.8 Å². The number of aliphatic hydroxyl groups excluding tert-OH is 1. The van der Waals surface area contributed by atoms with Crippen LogP contribution < -0.4 is 0 Å². The largest absolute Gasteiger partial charge is 0.390 e. The number of nitrogens with zero attached hydrogens (tertiary/aromatic N) is 1. The molecule has 2 aromatic rings.